The molecule has 0 atom stereocenters. The van der Waals surface area contributed by atoms with Gasteiger partial charge in [0, 0.05) is 13.7 Å². The van der Waals surface area contributed by atoms with Gasteiger partial charge in [-0.05, 0) is 12.1 Å². The third-order valence-corrected chi connectivity index (χ3v) is 2.27. The molecule has 0 unspecified atom stereocenters. The van der Waals surface area contributed by atoms with E-state index in [2.05, 4.69) is 10.3 Å². The van der Waals surface area contributed by atoms with Crippen LogP contribution in [-0.4, -0.2) is 49.5 Å². The summed E-state index contributed by atoms with van der Waals surface area (Å²) in [5.74, 6) is -0.813. The minimum Gasteiger partial charge on any atom is -0.478 e. The van der Waals surface area contributed by atoms with Gasteiger partial charge in [0.25, 0.3) is 0 Å². The molecular formula is C11H15ClN2O4. The number of carboxylic acids is 1. The number of hydrogen-bond donors (Lipinski definition) is 2. The molecule has 2 N–H and O–H groups in total. The molecule has 0 amide bonds. The van der Waals surface area contributed by atoms with Crippen LogP contribution in [0, 0.1) is 0 Å². The van der Waals surface area contributed by atoms with Crippen LogP contribution >= 0.6 is 11.6 Å². The van der Waals surface area contributed by atoms with Gasteiger partial charge in [0.1, 0.15) is 16.5 Å². The predicted molar refractivity (Wildman–Crippen MR) is 67.4 cm³/mol. The van der Waals surface area contributed by atoms with E-state index in [4.69, 9.17) is 26.2 Å². The van der Waals surface area contributed by atoms with E-state index in [0.717, 1.165) is 0 Å². The van der Waals surface area contributed by atoms with Crippen LogP contribution in [0.25, 0.3) is 0 Å². The number of halogens is 1. The number of rotatable bonds is 8. The molecule has 0 fully saturated rings. The highest BCUT2D eigenvalue weighted by Gasteiger charge is 2.11. The van der Waals surface area contributed by atoms with Gasteiger partial charge >= 0.3 is 5.97 Å². The van der Waals surface area contributed by atoms with Gasteiger partial charge in [0.2, 0.25) is 0 Å². The van der Waals surface area contributed by atoms with Crippen molar-refractivity contribution < 1.29 is 19.4 Å². The summed E-state index contributed by atoms with van der Waals surface area (Å²) in [7, 11) is 1.59. The monoisotopic (exact) mass is 274 g/mol. The Bertz CT molecular complexity index is 401. The van der Waals surface area contributed by atoms with Crippen molar-refractivity contribution in [3.8, 4) is 0 Å². The van der Waals surface area contributed by atoms with Gasteiger partial charge in [-0.2, -0.15) is 0 Å². The Balaban J connectivity index is 2.45. The van der Waals surface area contributed by atoms with Crippen LogP contribution in [-0.2, 0) is 9.47 Å². The smallest absolute Gasteiger partial charge is 0.339 e. The van der Waals surface area contributed by atoms with Crippen LogP contribution < -0.4 is 5.32 Å². The summed E-state index contributed by atoms with van der Waals surface area (Å²) in [5.41, 5.74) is 0.0799. The first kappa shape index (κ1) is 14.7. The number of ether oxygens (including phenoxy) is 2. The second kappa shape index (κ2) is 7.86. The lowest BCUT2D eigenvalue weighted by molar-refractivity contribution is 0.0696. The van der Waals surface area contributed by atoms with Crippen LogP contribution in [0.4, 0.5) is 5.82 Å². The Morgan fingerprint density at radius 1 is 1.44 bits per heavy atom. The molecule has 100 valence electrons. The number of aromatic carboxylic acids is 1. The highest BCUT2D eigenvalue weighted by atomic mass is 35.5. The molecule has 0 aliphatic heterocycles. The van der Waals surface area contributed by atoms with Crippen LogP contribution in [0.15, 0.2) is 12.1 Å². The summed E-state index contributed by atoms with van der Waals surface area (Å²) >= 11 is 5.71. The van der Waals surface area contributed by atoms with Crippen LogP contribution in [0.5, 0.6) is 0 Å². The first-order valence-electron chi connectivity index (χ1n) is 5.35. The fraction of sp³-hybridized carbons (Fsp3) is 0.455. The van der Waals surface area contributed by atoms with E-state index in [1.165, 1.54) is 12.1 Å². The van der Waals surface area contributed by atoms with E-state index >= 15 is 0 Å². The highest BCUT2D eigenvalue weighted by molar-refractivity contribution is 6.29. The van der Waals surface area contributed by atoms with Crippen molar-refractivity contribution in [1.29, 1.82) is 0 Å². The third kappa shape index (κ3) is 4.87. The van der Waals surface area contributed by atoms with Crippen LogP contribution in [0.3, 0.4) is 0 Å². The lowest BCUT2D eigenvalue weighted by atomic mass is 10.2. The molecule has 1 rings (SSSR count). The average molecular weight is 275 g/mol. The van der Waals surface area contributed by atoms with Crippen molar-refractivity contribution in [2.45, 2.75) is 0 Å². The van der Waals surface area contributed by atoms with Crippen LogP contribution in [0.2, 0.25) is 5.15 Å². The van der Waals surface area contributed by atoms with Crippen molar-refractivity contribution in [1.82, 2.24) is 4.98 Å². The number of hydrogen-bond acceptors (Lipinski definition) is 5. The van der Waals surface area contributed by atoms with Crippen molar-refractivity contribution in [2.24, 2.45) is 0 Å². The number of carboxylic acid groups (broad SMARTS) is 1. The van der Waals surface area contributed by atoms with E-state index in [1.54, 1.807) is 7.11 Å². The second-order valence-corrected chi connectivity index (χ2v) is 3.75. The average Bonchev–Trinajstić information content (AvgIpc) is 2.33. The summed E-state index contributed by atoms with van der Waals surface area (Å²) in [6.07, 6.45) is 0. The maximum atomic E-state index is 10.9. The standard InChI is InChI=1S/C11H15ClN2O4/c1-17-6-7-18-5-4-13-10-8(11(15)16)2-3-9(12)14-10/h2-3H,4-7H2,1H3,(H,13,14)(H,15,16). The molecule has 0 saturated heterocycles. The number of methoxy groups -OCH3 is 1. The first-order valence-corrected chi connectivity index (χ1v) is 5.73. The molecule has 1 aromatic rings. The number of carbonyl (C=O) groups is 1. The molecule has 6 nitrogen and oxygen atoms in total. The SMILES string of the molecule is COCCOCCNc1nc(Cl)ccc1C(=O)O. The fourth-order valence-electron chi connectivity index (χ4n) is 1.23. The van der Waals surface area contributed by atoms with Crippen molar-refractivity contribution in [2.75, 3.05) is 38.8 Å². The van der Waals surface area contributed by atoms with Crippen molar-refractivity contribution >= 4 is 23.4 Å². The quantitative estimate of drug-likeness (QED) is 0.552. The minimum absolute atomic E-state index is 0.0799. The lowest BCUT2D eigenvalue weighted by Gasteiger charge is -2.09. The number of anilines is 1. The molecule has 1 aromatic heterocycles. The summed E-state index contributed by atoms with van der Waals surface area (Å²) < 4.78 is 10.1. The number of nitrogens with one attached hydrogen (secondary N) is 1. The van der Waals surface area contributed by atoms with Crippen LogP contribution in [0.1, 0.15) is 10.4 Å². The summed E-state index contributed by atoms with van der Waals surface area (Å²) in [6.45, 7) is 1.89. The Labute approximate surface area is 110 Å². The summed E-state index contributed by atoms with van der Waals surface area (Å²) in [5, 5.41) is 12.1. The lowest BCUT2D eigenvalue weighted by Crippen LogP contribution is -2.15. The van der Waals surface area contributed by atoms with E-state index in [0.29, 0.717) is 26.4 Å². The molecule has 0 radical (unpaired) electrons. The maximum absolute atomic E-state index is 10.9. The highest BCUT2D eigenvalue weighted by Crippen LogP contribution is 2.16. The van der Waals surface area contributed by atoms with Crippen molar-refractivity contribution in [3.63, 3.8) is 0 Å². The van der Waals surface area contributed by atoms with E-state index < -0.39 is 5.97 Å². The largest absolute Gasteiger partial charge is 0.478 e. The molecule has 0 saturated carbocycles. The first-order chi connectivity index (χ1) is 8.65. The number of aromatic nitrogens is 1. The minimum atomic E-state index is -1.05. The predicted octanol–water partition coefficient (Wildman–Crippen LogP) is 1.51. The Morgan fingerprint density at radius 2 is 2.22 bits per heavy atom. The Kier molecular flexibility index (Phi) is 6.42. The Morgan fingerprint density at radius 3 is 2.89 bits per heavy atom. The number of pyridine rings is 1. The summed E-state index contributed by atoms with van der Waals surface area (Å²) in [4.78, 5) is 14.9. The van der Waals surface area contributed by atoms with Crippen molar-refractivity contribution in [3.05, 3.63) is 22.8 Å². The zero-order valence-electron chi connectivity index (χ0n) is 9.98. The molecule has 0 spiro atoms. The van der Waals surface area contributed by atoms with Gasteiger partial charge in [-0.3, -0.25) is 0 Å². The summed E-state index contributed by atoms with van der Waals surface area (Å²) in [6, 6.07) is 2.84. The van der Waals surface area contributed by atoms with Gasteiger partial charge in [-0.25, -0.2) is 9.78 Å². The van der Waals surface area contributed by atoms with Gasteiger partial charge < -0.3 is 19.9 Å². The molecule has 0 aromatic carbocycles. The molecule has 0 bridgehead atoms. The van der Waals surface area contributed by atoms with E-state index in [9.17, 15) is 4.79 Å². The van der Waals surface area contributed by atoms with Gasteiger partial charge in [0.15, 0.2) is 0 Å². The normalized spacial score (nSPS) is 10.3. The molecular weight excluding hydrogens is 260 g/mol. The molecule has 1 heterocycles. The van der Waals surface area contributed by atoms with Gasteiger partial charge in [-0.15, -0.1) is 0 Å². The molecule has 7 heteroatoms. The second-order valence-electron chi connectivity index (χ2n) is 3.37. The number of nitrogens with zero attached hydrogens (tertiary/aromatic N) is 1. The van der Waals surface area contributed by atoms with E-state index in [1.807, 2.05) is 0 Å². The molecule has 0 aliphatic rings. The topological polar surface area (TPSA) is 80.7 Å². The van der Waals surface area contributed by atoms with Gasteiger partial charge in [0.05, 0.1) is 19.8 Å². The Hall–Kier alpha value is -1.37. The zero-order valence-corrected chi connectivity index (χ0v) is 10.7. The third-order valence-electron chi connectivity index (χ3n) is 2.06. The van der Waals surface area contributed by atoms with E-state index in [-0.39, 0.29) is 16.5 Å². The molecule has 0 aliphatic carbocycles. The zero-order chi connectivity index (χ0) is 13.4. The maximum Gasteiger partial charge on any atom is 0.339 e. The van der Waals surface area contributed by atoms with Gasteiger partial charge in [-0.1, -0.05) is 11.6 Å². The fourth-order valence-corrected chi connectivity index (χ4v) is 1.38. The molecule has 18 heavy (non-hydrogen) atoms.